The monoisotopic (exact) mass is 271 g/mol. The van der Waals surface area contributed by atoms with Gasteiger partial charge in [0.25, 0.3) is 0 Å². The Kier molecular flexibility index (Phi) is 6.81. The van der Waals surface area contributed by atoms with E-state index >= 15 is 0 Å². The number of piperazine rings is 1. The van der Waals surface area contributed by atoms with E-state index in [1.807, 2.05) is 6.92 Å². The molecule has 5 nitrogen and oxygen atoms in total. The zero-order chi connectivity index (χ0) is 11.5. The Morgan fingerprint density at radius 3 is 2.12 bits per heavy atom. The quantitative estimate of drug-likeness (QED) is 0.764. The van der Waals surface area contributed by atoms with Crippen LogP contribution in [0.5, 0.6) is 0 Å². The number of sulfonamides is 1. The number of hydrogen-bond acceptors (Lipinski definition) is 4. The van der Waals surface area contributed by atoms with E-state index in [2.05, 4.69) is 4.90 Å². The second-order valence-corrected chi connectivity index (χ2v) is 6.34. The van der Waals surface area contributed by atoms with Gasteiger partial charge >= 0.3 is 0 Å². The molecular weight excluding hydrogens is 250 g/mol. The molecule has 16 heavy (non-hydrogen) atoms. The molecule has 0 amide bonds. The van der Waals surface area contributed by atoms with E-state index in [0.717, 1.165) is 19.6 Å². The number of rotatable bonds is 4. The first-order chi connectivity index (χ1) is 6.95. The van der Waals surface area contributed by atoms with Crippen LogP contribution >= 0.6 is 12.4 Å². The van der Waals surface area contributed by atoms with E-state index in [1.165, 1.54) is 0 Å². The molecule has 1 heterocycles. The van der Waals surface area contributed by atoms with Crippen molar-refractivity contribution in [1.82, 2.24) is 9.21 Å². The van der Waals surface area contributed by atoms with Gasteiger partial charge in [0.15, 0.2) is 0 Å². The highest BCUT2D eigenvalue weighted by Crippen LogP contribution is 2.07. The first kappa shape index (κ1) is 16.1. The average Bonchev–Trinajstić information content (AvgIpc) is 2.18. The predicted octanol–water partition coefficient (Wildman–Crippen LogP) is -0.277. The van der Waals surface area contributed by atoms with Crippen LogP contribution in [0.25, 0.3) is 0 Å². The predicted molar refractivity (Wildman–Crippen MR) is 68.4 cm³/mol. The van der Waals surface area contributed by atoms with Gasteiger partial charge < -0.3 is 5.73 Å². The number of hydrogen-bond donors (Lipinski definition) is 1. The van der Waals surface area contributed by atoms with E-state index < -0.39 is 10.0 Å². The Balaban J connectivity index is 0.00000225. The smallest absolute Gasteiger partial charge is 0.213 e. The highest BCUT2D eigenvalue weighted by atomic mass is 35.5. The molecule has 0 saturated carbocycles. The normalized spacial score (nSPS) is 21.4. The second-order valence-electron chi connectivity index (χ2n) is 4.08. The summed E-state index contributed by atoms with van der Waals surface area (Å²) in [6.07, 6.45) is 0. The van der Waals surface area contributed by atoms with Crippen LogP contribution in [0.4, 0.5) is 0 Å². The molecule has 98 valence electrons. The minimum Gasteiger partial charge on any atom is -0.327 e. The van der Waals surface area contributed by atoms with Crippen molar-refractivity contribution < 1.29 is 8.42 Å². The van der Waals surface area contributed by atoms with E-state index in [9.17, 15) is 8.42 Å². The summed E-state index contributed by atoms with van der Waals surface area (Å²) in [4.78, 5) is 2.21. The summed E-state index contributed by atoms with van der Waals surface area (Å²) in [5, 5.41) is 0. The van der Waals surface area contributed by atoms with Crippen LogP contribution in [0.1, 0.15) is 13.8 Å². The molecule has 1 saturated heterocycles. The molecule has 0 aromatic rings. The maximum atomic E-state index is 11.6. The van der Waals surface area contributed by atoms with E-state index in [-0.39, 0.29) is 24.2 Å². The summed E-state index contributed by atoms with van der Waals surface area (Å²) in [5.41, 5.74) is 5.70. The van der Waals surface area contributed by atoms with Crippen LogP contribution in [0.3, 0.4) is 0 Å². The zero-order valence-electron chi connectivity index (χ0n) is 9.92. The summed E-state index contributed by atoms with van der Waals surface area (Å²) >= 11 is 0. The second kappa shape index (κ2) is 6.76. The van der Waals surface area contributed by atoms with Crippen LogP contribution in [-0.4, -0.2) is 62.1 Å². The molecule has 0 aliphatic carbocycles. The minimum absolute atomic E-state index is 0. The molecular formula is C9H22ClN3O2S. The highest BCUT2D eigenvalue weighted by molar-refractivity contribution is 7.89. The zero-order valence-corrected chi connectivity index (χ0v) is 11.6. The summed E-state index contributed by atoms with van der Waals surface area (Å²) in [6, 6.07) is 0.152. The highest BCUT2D eigenvalue weighted by Gasteiger charge is 2.25. The lowest BCUT2D eigenvalue weighted by atomic mass is 10.3. The molecule has 0 spiro atoms. The standard InChI is InChI=1S/C9H21N3O2S.ClH/c1-3-15(13,14)12-6-4-11(5-7-12)8-9(2)10;/h9H,3-8,10H2,1-2H3;1H. The van der Waals surface area contributed by atoms with Gasteiger partial charge in [-0.1, -0.05) is 0 Å². The summed E-state index contributed by atoms with van der Waals surface area (Å²) in [5.74, 6) is 0.195. The third-order valence-corrected chi connectivity index (χ3v) is 4.52. The number of nitrogens with zero attached hydrogens (tertiary/aromatic N) is 2. The molecule has 0 aromatic carbocycles. The fourth-order valence-corrected chi connectivity index (χ4v) is 2.86. The third kappa shape index (κ3) is 4.55. The fraction of sp³-hybridized carbons (Fsp3) is 1.00. The van der Waals surface area contributed by atoms with Crippen molar-refractivity contribution in [2.75, 3.05) is 38.5 Å². The van der Waals surface area contributed by atoms with Gasteiger partial charge in [0.2, 0.25) is 10.0 Å². The molecule has 0 radical (unpaired) electrons. The molecule has 0 bridgehead atoms. The molecule has 1 atom stereocenters. The Bertz CT molecular complexity index is 287. The minimum atomic E-state index is -3.00. The Morgan fingerprint density at radius 2 is 1.75 bits per heavy atom. The van der Waals surface area contributed by atoms with E-state index in [1.54, 1.807) is 11.2 Å². The Labute approximate surface area is 104 Å². The van der Waals surface area contributed by atoms with Crippen molar-refractivity contribution in [3.63, 3.8) is 0 Å². The van der Waals surface area contributed by atoms with Crippen LogP contribution in [0.2, 0.25) is 0 Å². The molecule has 1 unspecified atom stereocenters. The topological polar surface area (TPSA) is 66.6 Å². The Morgan fingerprint density at radius 1 is 1.25 bits per heavy atom. The lowest BCUT2D eigenvalue weighted by Crippen LogP contribution is -2.51. The molecule has 1 aliphatic heterocycles. The van der Waals surface area contributed by atoms with Crippen molar-refractivity contribution >= 4 is 22.4 Å². The lowest BCUT2D eigenvalue weighted by molar-refractivity contribution is 0.182. The molecule has 0 aromatic heterocycles. The van der Waals surface area contributed by atoms with Gasteiger partial charge in [-0.3, -0.25) is 4.90 Å². The number of nitrogens with two attached hydrogens (primary N) is 1. The molecule has 1 fully saturated rings. The van der Waals surface area contributed by atoms with Crippen molar-refractivity contribution in [1.29, 1.82) is 0 Å². The third-order valence-electron chi connectivity index (χ3n) is 2.64. The average molecular weight is 272 g/mol. The fourth-order valence-electron chi connectivity index (χ4n) is 1.78. The lowest BCUT2D eigenvalue weighted by Gasteiger charge is -2.34. The summed E-state index contributed by atoms with van der Waals surface area (Å²) < 4.78 is 24.7. The largest absolute Gasteiger partial charge is 0.327 e. The van der Waals surface area contributed by atoms with Gasteiger partial charge in [-0.25, -0.2) is 8.42 Å². The van der Waals surface area contributed by atoms with Gasteiger partial charge in [-0.15, -0.1) is 12.4 Å². The molecule has 7 heteroatoms. The first-order valence-electron chi connectivity index (χ1n) is 5.41. The molecule has 1 aliphatic rings. The van der Waals surface area contributed by atoms with Gasteiger partial charge in [0.1, 0.15) is 0 Å². The van der Waals surface area contributed by atoms with E-state index in [0.29, 0.717) is 13.1 Å². The van der Waals surface area contributed by atoms with Crippen molar-refractivity contribution in [3.05, 3.63) is 0 Å². The van der Waals surface area contributed by atoms with Crippen LogP contribution in [0.15, 0.2) is 0 Å². The van der Waals surface area contributed by atoms with Gasteiger partial charge in [-0.2, -0.15) is 4.31 Å². The van der Waals surface area contributed by atoms with Crippen LogP contribution < -0.4 is 5.73 Å². The van der Waals surface area contributed by atoms with Gasteiger partial charge in [0.05, 0.1) is 5.75 Å². The summed E-state index contributed by atoms with van der Waals surface area (Å²) in [7, 11) is -3.00. The molecule has 1 rings (SSSR count). The summed E-state index contributed by atoms with van der Waals surface area (Å²) in [6.45, 7) is 7.28. The SMILES string of the molecule is CCS(=O)(=O)N1CCN(CC(C)N)CC1.Cl. The first-order valence-corrected chi connectivity index (χ1v) is 7.02. The van der Waals surface area contributed by atoms with Crippen molar-refractivity contribution in [3.8, 4) is 0 Å². The van der Waals surface area contributed by atoms with Crippen molar-refractivity contribution in [2.45, 2.75) is 19.9 Å². The van der Waals surface area contributed by atoms with Gasteiger partial charge in [0, 0.05) is 38.8 Å². The van der Waals surface area contributed by atoms with Crippen LogP contribution in [0, 0.1) is 0 Å². The van der Waals surface area contributed by atoms with Crippen LogP contribution in [-0.2, 0) is 10.0 Å². The van der Waals surface area contributed by atoms with Crippen molar-refractivity contribution in [2.24, 2.45) is 5.73 Å². The maximum absolute atomic E-state index is 11.6. The van der Waals surface area contributed by atoms with Gasteiger partial charge in [-0.05, 0) is 13.8 Å². The maximum Gasteiger partial charge on any atom is 0.213 e. The Hall–Kier alpha value is 0.120. The molecule has 2 N–H and O–H groups in total. The number of halogens is 1. The van der Waals surface area contributed by atoms with E-state index in [4.69, 9.17) is 5.73 Å².